The Kier molecular flexibility index (Phi) is 11.1. The first-order valence-electron chi connectivity index (χ1n) is 18.2. The van der Waals surface area contributed by atoms with Crippen molar-refractivity contribution in [1.82, 2.24) is 0 Å². The van der Waals surface area contributed by atoms with Gasteiger partial charge in [-0.3, -0.25) is 14.4 Å². The number of rotatable bonds is 10. The summed E-state index contributed by atoms with van der Waals surface area (Å²) in [6, 6.07) is -0.984. The third-order valence-corrected chi connectivity index (χ3v) is 12.5. The van der Waals surface area contributed by atoms with Crippen LogP contribution in [0, 0.1) is 46.3 Å². The van der Waals surface area contributed by atoms with Gasteiger partial charge in [-0.1, -0.05) is 33.6 Å². The molecule has 7 nitrogen and oxygen atoms in total. The molecule has 2 N–H and O–H groups in total. The Morgan fingerprint density at radius 1 is 0.800 bits per heavy atom. The van der Waals surface area contributed by atoms with Gasteiger partial charge in [0.05, 0.1) is 6.42 Å². The highest BCUT2D eigenvalue weighted by Gasteiger charge is 2.60. The molecule has 0 spiro atoms. The number of ether oxygens (including phenoxy) is 3. The Labute approximate surface area is 273 Å². The monoisotopic (exact) mass is 631 g/mol. The second-order valence-electron chi connectivity index (χ2n) is 17.9. The summed E-state index contributed by atoms with van der Waals surface area (Å²) in [6.07, 6.45) is 14.2. The molecule has 45 heavy (non-hydrogen) atoms. The van der Waals surface area contributed by atoms with Crippen LogP contribution in [-0.4, -0.2) is 41.3 Å². The Bertz CT molecular complexity index is 1060. The predicted molar refractivity (Wildman–Crippen MR) is 177 cm³/mol. The minimum absolute atomic E-state index is 0.0700. The Morgan fingerprint density at radius 2 is 1.42 bits per heavy atom. The second-order valence-corrected chi connectivity index (χ2v) is 17.9. The van der Waals surface area contributed by atoms with Gasteiger partial charge >= 0.3 is 17.9 Å². The number of fused-ring (bicyclic) bond motifs is 5. The lowest BCUT2D eigenvalue weighted by molar-refractivity contribution is -0.167. The van der Waals surface area contributed by atoms with Crippen molar-refractivity contribution >= 4 is 17.9 Å². The minimum Gasteiger partial charge on any atom is -0.461 e. The number of carbonyl (C=O) groups is 3. The van der Waals surface area contributed by atoms with E-state index in [2.05, 4.69) is 20.8 Å². The highest BCUT2D eigenvalue weighted by atomic mass is 16.6. The first-order chi connectivity index (χ1) is 20.8. The molecule has 0 amide bonds. The fraction of sp³-hybridized carbons (Fsp3) is 0.921. The highest BCUT2D eigenvalue weighted by molar-refractivity contribution is 5.82. The van der Waals surface area contributed by atoms with Gasteiger partial charge in [-0.05, 0) is 152 Å². The minimum atomic E-state index is -0.984. The molecule has 0 radical (unpaired) electrons. The average molecular weight is 632 g/mol. The lowest BCUT2D eigenvalue weighted by Gasteiger charge is -2.61. The van der Waals surface area contributed by atoms with Crippen LogP contribution in [-0.2, 0) is 28.6 Å². The third-order valence-electron chi connectivity index (χ3n) is 12.5. The summed E-state index contributed by atoms with van der Waals surface area (Å²) in [4.78, 5) is 37.2. The summed E-state index contributed by atoms with van der Waals surface area (Å²) >= 11 is 0. The molecule has 0 bridgehead atoms. The maximum Gasteiger partial charge on any atom is 0.323 e. The van der Waals surface area contributed by atoms with Crippen LogP contribution < -0.4 is 5.73 Å². The molecule has 4 aliphatic rings. The fourth-order valence-electron chi connectivity index (χ4n) is 10.5. The quantitative estimate of drug-likeness (QED) is 0.147. The van der Waals surface area contributed by atoms with E-state index in [4.69, 9.17) is 19.9 Å². The number of hydrogen-bond acceptors (Lipinski definition) is 7. The Hall–Kier alpha value is -1.63. The molecular formula is C38H65NO6. The average Bonchev–Trinajstić information content (AvgIpc) is 3.26. The number of hydrogen-bond donors (Lipinski definition) is 1. The lowest BCUT2D eigenvalue weighted by atomic mass is 9.44. The van der Waals surface area contributed by atoms with Crippen LogP contribution in [0.5, 0.6) is 0 Å². The molecule has 0 saturated heterocycles. The van der Waals surface area contributed by atoms with E-state index < -0.39 is 29.2 Å². The highest BCUT2D eigenvalue weighted by Crippen LogP contribution is 2.68. The summed E-state index contributed by atoms with van der Waals surface area (Å²) in [5, 5.41) is 0. The van der Waals surface area contributed by atoms with E-state index in [1.165, 1.54) is 44.9 Å². The molecule has 4 aliphatic carbocycles. The number of carbonyl (C=O) groups excluding carboxylic acids is 3. The van der Waals surface area contributed by atoms with Gasteiger partial charge < -0.3 is 19.9 Å². The van der Waals surface area contributed by atoms with Crippen molar-refractivity contribution in [2.45, 2.75) is 176 Å². The normalized spacial score (nSPS) is 36.1. The van der Waals surface area contributed by atoms with Crippen LogP contribution in [0.2, 0.25) is 0 Å². The molecule has 4 rings (SSSR count). The fourth-order valence-corrected chi connectivity index (χ4v) is 10.5. The van der Waals surface area contributed by atoms with Crippen LogP contribution in [0.4, 0.5) is 0 Å². The van der Waals surface area contributed by atoms with Crippen molar-refractivity contribution in [3.05, 3.63) is 0 Å². The SMILES string of the molecule is C[C@H](CCCCC(=O)OC(C)(C)C)C1CCC2C3CCC4C[C@H](OC(=O)[C@@H](N)CC(=O)OC(C)(C)C)CC[C@]4(C)C3CC[C@@]21C. The topological polar surface area (TPSA) is 105 Å². The van der Waals surface area contributed by atoms with Gasteiger partial charge in [0.2, 0.25) is 0 Å². The van der Waals surface area contributed by atoms with E-state index in [-0.39, 0.29) is 18.5 Å². The van der Waals surface area contributed by atoms with Crippen LogP contribution in [0.15, 0.2) is 0 Å². The standard InChI is InChI=1S/C38H65NO6/c1-24(12-10-11-13-32(40)44-35(2,3)4)28-16-17-29-27-15-14-25-22-26(18-20-37(25,8)30(27)19-21-38(28,29)9)43-34(42)31(39)23-33(41)45-36(5,6)7/h24-31H,10-23,39H2,1-9H3/t24-,25?,26-,27?,28?,29?,30?,31+,37+,38-/m1/s1. The first kappa shape index (κ1) is 36.2. The van der Waals surface area contributed by atoms with E-state index >= 15 is 0 Å². The maximum absolute atomic E-state index is 12.8. The Morgan fingerprint density at radius 3 is 2.09 bits per heavy atom. The van der Waals surface area contributed by atoms with Crippen molar-refractivity contribution in [2.24, 2.45) is 52.1 Å². The van der Waals surface area contributed by atoms with Gasteiger partial charge in [0, 0.05) is 6.42 Å². The third kappa shape index (κ3) is 8.65. The smallest absolute Gasteiger partial charge is 0.323 e. The number of unbranched alkanes of at least 4 members (excludes halogenated alkanes) is 1. The van der Waals surface area contributed by atoms with E-state index in [1.807, 2.05) is 20.8 Å². The van der Waals surface area contributed by atoms with Gasteiger partial charge in [0.1, 0.15) is 23.3 Å². The van der Waals surface area contributed by atoms with Crippen LogP contribution in [0.1, 0.15) is 152 Å². The van der Waals surface area contributed by atoms with Crippen LogP contribution in [0.3, 0.4) is 0 Å². The van der Waals surface area contributed by atoms with Crippen molar-refractivity contribution in [1.29, 1.82) is 0 Å². The lowest BCUT2D eigenvalue weighted by Crippen LogP contribution is -2.54. The van der Waals surface area contributed by atoms with Crippen molar-refractivity contribution in [3.8, 4) is 0 Å². The van der Waals surface area contributed by atoms with Crippen molar-refractivity contribution < 1.29 is 28.6 Å². The molecule has 0 aromatic heterocycles. The molecule has 0 aromatic carbocycles. The second kappa shape index (κ2) is 13.8. The van der Waals surface area contributed by atoms with E-state index in [0.717, 1.165) is 55.8 Å². The van der Waals surface area contributed by atoms with E-state index in [0.29, 0.717) is 29.1 Å². The molecule has 5 unspecified atom stereocenters. The van der Waals surface area contributed by atoms with Gasteiger partial charge in [0.25, 0.3) is 0 Å². The molecule has 0 aliphatic heterocycles. The first-order valence-corrected chi connectivity index (χ1v) is 18.2. The summed E-state index contributed by atoms with van der Waals surface area (Å²) in [6.45, 7) is 18.9. The molecule has 4 fully saturated rings. The van der Waals surface area contributed by atoms with Gasteiger partial charge in [-0.15, -0.1) is 0 Å². The molecule has 10 atom stereocenters. The molecule has 0 heterocycles. The van der Waals surface area contributed by atoms with Crippen molar-refractivity contribution in [2.75, 3.05) is 0 Å². The van der Waals surface area contributed by atoms with Crippen LogP contribution in [0.25, 0.3) is 0 Å². The summed E-state index contributed by atoms with van der Waals surface area (Å²) in [7, 11) is 0. The summed E-state index contributed by atoms with van der Waals surface area (Å²) < 4.78 is 16.8. The number of esters is 3. The summed E-state index contributed by atoms with van der Waals surface area (Å²) in [5.41, 5.74) is 5.78. The predicted octanol–water partition coefficient (Wildman–Crippen LogP) is 8.15. The maximum atomic E-state index is 12.8. The zero-order valence-corrected chi connectivity index (χ0v) is 30.0. The molecule has 0 aromatic rings. The summed E-state index contributed by atoms with van der Waals surface area (Å²) in [5.74, 6) is 3.38. The van der Waals surface area contributed by atoms with Crippen LogP contribution >= 0.6 is 0 Å². The van der Waals surface area contributed by atoms with Crippen molar-refractivity contribution in [3.63, 3.8) is 0 Å². The Balaban J connectivity index is 1.28. The molecule has 258 valence electrons. The molecule has 7 heteroatoms. The zero-order valence-electron chi connectivity index (χ0n) is 30.0. The van der Waals surface area contributed by atoms with Gasteiger partial charge in [-0.25, -0.2) is 0 Å². The van der Waals surface area contributed by atoms with E-state index in [1.54, 1.807) is 20.8 Å². The molecular weight excluding hydrogens is 566 g/mol. The van der Waals surface area contributed by atoms with Gasteiger partial charge in [0.15, 0.2) is 0 Å². The van der Waals surface area contributed by atoms with Gasteiger partial charge in [-0.2, -0.15) is 0 Å². The zero-order chi connectivity index (χ0) is 33.4. The molecule has 4 saturated carbocycles. The van der Waals surface area contributed by atoms with E-state index in [9.17, 15) is 14.4 Å². The number of nitrogens with two attached hydrogens (primary N) is 1. The largest absolute Gasteiger partial charge is 0.461 e.